The molecule has 0 bridgehead atoms. The summed E-state index contributed by atoms with van der Waals surface area (Å²) in [6, 6.07) is 0. The van der Waals surface area contributed by atoms with Crippen molar-refractivity contribution in [2.24, 2.45) is 5.92 Å². The zero-order valence-electron chi connectivity index (χ0n) is 9.97. The molecule has 0 aromatic heterocycles. The standard InChI is InChI=1S/C14H24/c1-12(2)7-5-4-6-8-14-10-9-13(3)11-14/h7-8,13H,4-6,9-11H2,1-3H3. The molecule has 0 heteroatoms. The molecule has 0 radical (unpaired) electrons. The van der Waals surface area contributed by atoms with Crippen LogP contribution >= 0.6 is 0 Å². The molecule has 0 saturated heterocycles. The normalized spacial score (nSPS) is 24.2. The highest BCUT2D eigenvalue weighted by Crippen LogP contribution is 2.29. The molecule has 1 rings (SSSR count). The van der Waals surface area contributed by atoms with Crippen LogP contribution in [-0.4, -0.2) is 0 Å². The summed E-state index contributed by atoms with van der Waals surface area (Å²) in [6.45, 7) is 6.72. The second kappa shape index (κ2) is 6.06. The summed E-state index contributed by atoms with van der Waals surface area (Å²) in [4.78, 5) is 0. The zero-order valence-corrected chi connectivity index (χ0v) is 9.97. The lowest BCUT2D eigenvalue weighted by Gasteiger charge is -1.97. The lowest BCUT2D eigenvalue weighted by atomic mass is 10.1. The van der Waals surface area contributed by atoms with Crippen molar-refractivity contribution < 1.29 is 0 Å². The minimum absolute atomic E-state index is 0.944. The van der Waals surface area contributed by atoms with Gasteiger partial charge in [-0.15, -0.1) is 0 Å². The van der Waals surface area contributed by atoms with Gasteiger partial charge in [-0.25, -0.2) is 0 Å². The summed E-state index contributed by atoms with van der Waals surface area (Å²) in [5.74, 6) is 0.944. The maximum atomic E-state index is 2.49. The molecule has 0 nitrogen and oxygen atoms in total. The van der Waals surface area contributed by atoms with Crippen molar-refractivity contribution in [2.75, 3.05) is 0 Å². The molecule has 0 aliphatic heterocycles. The highest BCUT2D eigenvalue weighted by Gasteiger charge is 2.13. The Labute approximate surface area is 89.1 Å². The van der Waals surface area contributed by atoms with Crippen LogP contribution in [0.3, 0.4) is 0 Å². The van der Waals surface area contributed by atoms with Gasteiger partial charge in [0.1, 0.15) is 0 Å². The van der Waals surface area contributed by atoms with Crippen LogP contribution in [-0.2, 0) is 0 Å². The second-order valence-electron chi connectivity index (χ2n) is 4.92. The second-order valence-corrected chi connectivity index (χ2v) is 4.92. The van der Waals surface area contributed by atoms with E-state index in [0.717, 1.165) is 5.92 Å². The molecule has 0 aromatic carbocycles. The van der Waals surface area contributed by atoms with Gasteiger partial charge in [0, 0.05) is 0 Å². The summed E-state index contributed by atoms with van der Waals surface area (Å²) in [5.41, 5.74) is 3.17. The van der Waals surface area contributed by atoms with Crippen LogP contribution < -0.4 is 0 Å². The zero-order chi connectivity index (χ0) is 10.4. The third kappa shape index (κ3) is 4.64. The highest BCUT2D eigenvalue weighted by atomic mass is 14.2. The van der Waals surface area contributed by atoms with Crippen molar-refractivity contribution in [1.82, 2.24) is 0 Å². The highest BCUT2D eigenvalue weighted by molar-refractivity contribution is 5.07. The van der Waals surface area contributed by atoms with Crippen LogP contribution in [0.5, 0.6) is 0 Å². The first-order chi connectivity index (χ1) is 6.68. The Morgan fingerprint density at radius 1 is 1.36 bits per heavy atom. The Bertz CT molecular complexity index is 216. The molecule has 0 amide bonds. The summed E-state index contributed by atoms with van der Waals surface area (Å²) in [5, 5.41) is 0. The Balaban J connectivity index is 2.11. The van der Waals surface area contributed by atoms with E-state index >= 15 is 0 Å². The van der Waals surface area contributed by atoms with E-state index in [-0.39, 0.29) is 0 Å². The van der Waals surface area contributed by atoms with Crippen LogP contribution in [0.1, 0.15) is 59.3 Å². The van der Waals surface area contributed by atoms with Crippen LogP contribution in [0.2, 0.25) is 0 Å². The summed E-state index contributed by atoms with van der Waals surface area (Å²) in [6.07, 6.45) is 12.8. The van der Waals surface area contributed by atoms with Crippen LogP contribution in [0, 0.1) is 5.92 Å². The molecule has 0 heterocycles. The van der Waals surface area contributed by atoms with Crippen molar-refractivity contribution in [3.63, 3.8) is 0 Å². The molecule has 0 spiro atoms. The van der Waals surface area contributed by atoms with E-state index in [4.69, 9.17) is 0 Å². The van der Waals surface area contributed by atoms with Gasteiger partial charge >= 0.3 is 0 Å². The van der Waals surface area contributed by atoms with Gasteiger partial charge in [-0.2, -0.15) is 0 Å². The molecule has 1 fully saturated rings. The lowest BCUT2D eigenvalue weighted by Crippen LogP contribution is -1.81. The first kappa shape index (κ1) is 11.6. The van der Waals surface area contributed by atoms with Crippen molar-refractivity contribution in [3.05, 3.63) is 23.3 Å². The van der Waals surface area contributed by atoms with Crippen molar-refractivity contribution in [1.29, 1.82) is 0 Å². The van der Waals surface area contributed by atoms with E-state index in [2.05, 4.69) is 32.9 Å². The van der Waals surface area contributed by atoms with E-state index in [0.29, 0.717) is 0 Å². The summed E-state index contributed by atoms with van der Waals surface area (Å²) in [7, 11) is 0. The number of rotatable bonds is 4. The van der Waals surface area contributed by atoms with Crippen LogP contribution in [0.4, 0.5) is 0 Å². The fraction of sp³-hybridized carbons (Fsp3) is 0.714. The van der Waals surface area contributed by atoms with Gasteiger partial charge in [0.15, 0.2) is 0 Å². The molecular weight excluding hydrogens is 168 g/mol. The van der Waals surface area contributed by atoms with E-state index in [1.54, 1.807) is 5.57 Å². The molecule has 0 aromatic rings. The van der Waals surface area contributed by atoms with Crippen molar-refractivity contribution >= 4 is 0 Å². The SMILES string of the molecule is CC(C)=CCCCC=C1CCC(C)C1. The number of unbranched alkanes of at least 4 members (excludes halogenated alkanes) is 2. The first-order valence-corrected chi connectivity index (χ1v) is 5.99. The Kier molecular flexibility index (Phi) is 5.00. The molecule has 14 heavy (non-hydrogen) atoms. The van der Waals surface area contributed by atoms with Crippen LogP contribution in [0.15, 0.2) is 23.3 Å². The average molecular weight is 192 g/mol. The molecular formula is C14H24. The predicted molar refractivity (Wildman–Crippen MR) is 64.4 cm³/mol. The lowest BCUT2D eigenvalue weighted by molar-refractivity contribution is 0.620. The largest absolute Gasteiger partial charge is 0.0859 e. The van der Waals surface area contributed by atoms with Gasteiger partial charge in [-0.05, 0) is 58.3 Å². The Morgan fingerprint density at radius 3 is 2.71 bits per heavy atom. The van der Waals surface area contributed by atoms with Crippen molar-refractivity contribution in [3.8, 4) is 0 Å². The summed E-state index contributed by atoms with van der Waals surface area (Å²) < 4.78 is 0. The van der Waals surface area contributed by atoms with E-state index in [1.807, 2.05) is 0 Å². The first-order valence-electron chi connectivity index (χ1n) is 5.99. The molecule has 0 N–H and O–H groups in total. The smallest absolute Gasteiger partial charge is 0.0294 e. The third-order valence-electron chi connectivity index (χ3n) is 2.96. The molecule has 80 valence electrons. The minimum Gasteiger partial charge on any atom is -0.0859 e. The Hall–Kier alpha value is -0.520. The maximum absolute atomic E-state index is 2.49. The fourth-order valence-electron chi connectivity index (χ4n) is 2.08. The summed E-state index contributed by atoms with van der Waals surface area (Å²) >= 11 is 0. The van der Waals surface area contributed by atoms with Crippen molar-refractivity contribution in [2.45, 2.75) is 59.3 Å². The molecule has 1 unspecified atom stereocenters. The Morgan fingerprint density at radius 2 is 2.14 bits per heavy atom. The molecule has 1 aliphatic rings. The van der Waals surface area contributed by atoms with E-state index < -0.39 is 0 Å². The monoisotopic (exact) mass is 192 g/mol. The molecule has 1 aliphatic carbocycles. The van der Waals surface area contributed by atoms with Gasteiger partial charge < -0.3 is 0 Å². The minimum atomic E-state index is 0.944. The average Bonchev–Trinajstić information content (AvgIpc) is 2.50. The van der Waals surface area contributed by atoms with Gasteiger partial charge in [0.25, 0.3) is 0 Å². The van der Waals surface area contributed by atoms with Gasteiger partial charge in [-0.1, -0.05) is 30.2 Å². The molecule has 1 saturated carbocycles. The maximum Gasteiger partial charge on any atom is -0.0294 e. The molecule has 1 atom stereocenters. The van der Waals surface area contributed by atoms with Crippen LogP contribution in [0.25, 0.3) is 0 Å². The van der Waals surface area contributed by atoms with Gasteiger partial charge in [0.05, 0.1) is 0 Å². The topological polar surface area (TPSA) is 0 Å². The van der Waals surface area contributed by atoms with E-state index in [9.17, 15) is 0 Å². The number of allylic oxidation sites excluding steroid dienone is 4. The quantitative estimate of drug-likeness (QED) is 0.440. The van der Waals surface area contributed by atoms with E-state index in [1.165, 1.54) is 44.1 Å². The predicted octanol–water partition coefficient (Wildman–Crippen LogP) is 4.87. The van der Waals surface area contributed by atoms with Gasteiger partial charge in [-0.3, -0.25) is 0 Å². The number of hydrogen-bond acceptors (Lipinski definition) is 0. The fourth-order valence-corrected chi connectivity index (χ4v) is 2.08. The van der Waals surface area contributed by atoms with Gasteiger partial charge in [0.2, 0.25) is 0 Å². The number of hydrogen-bond donors (Lipinski definition) is 0. The third-order valence-corrected chi connectivity index (χ3v) is 2.96.